The van der Waals surface area contributed by atoms with Gasteiger partial charge in [0.2, 0.25) is 0 Å². The first-order valence-corrected chi connectivity index (χ1v) is 9.27. The lowest BCUT2D eigenvalue weighted by molar-refractivity contribution is -0.150. The van der Waals surface area contributed by atoms with Crippen LogP contribution in [0.3, 0.4) is 0 Å². The summed E-state index contributed by atoms with van der Waals surface area (Å²) >= 11 is 0. The van der Waals surface area contributed by atoms with Gasteiger partial charge in [0.25, 0.3) is 0 Å². The first-order chi connectivity index (χ1) is 10.9. The van der Waals surface area contributed by atoms with Crippen molar-refractivity contribution in [2.24, 2.45) is 11.8 Å². The lowest BCUT2D eigenvalue weighted by atomic mass is 9.95. The zero-order chi connectivity index (χ0) is 17.7. The van der Waals surface area contributed by atoms with E-state index in [0.29, 0.717) is 18.9 Å². The van der Waals surface area contributed by atoms with E-state index < -0.39 is 0 Å². The highest BCUT2D eigenvalue weighted by molar-refractivity contribution is 5.72. The lowest BCUT2D eigenvalue weighted by Crippen LogP contribution is -2.19. The van der Waals surface area contributed by atoms with E-state index in [1.54, 1.807) is 0 Å². The summed E-state index contributed by atoms with van der Waals surface area (Å²) in [5.41, 5.74) is 0. The topological polar surface area (TPSA) is 52.6 Å². The largest absolute Gasteiger partial charge is 0.465 e. The molecule has 0 aromatic heterocycles. The number of hydrogen-bond donors (Lipinski definition) is 0. The molecule has 23 heavy (non-hydrogen) atoms. The summed E-state index contributed by atoms with van der Waals surface area (Å²) in [6.45, 7) is 10.9. The molecule has 0 aliphatic rings. The van der Waals surface area contributed by atoms with E-state index in [2.05, 4.69) is 13.8 Å². The summed E-state index contributed by atoms with van der Waals surface area (Å²) in [4.78, 5) is 23.3. The van der Waals surface area contributed by atoms with Crippen LogP contribution in [0.15, 0.2) is 0 Å². The van der Waals surface area contributed by atoms with E-state index in [4.69, 9.17) is 9.47 Å². The maximum Gasteiger partial charge on any atom is 0.306 e. The molecule has 0 rings (SSSR count). The molecule has 0 aliphatic heterocycles. The molecule has 136 valence electrons. The van der Waals surface area contributed by atoms with Crippen LogP contribution >= 0.6 is 0 Å². The molecule has 0 saturated heterocycles. The Kier molecular flexibility index (Phi) is 12.8. The number of esters is 2. The van der Waals surface area contributed by atoms with Crippen LogP contribution in [0, 0.1) is 11.8 Å². The summed E-state index contributed by atoms with van der Waals surface area (Å²) in [6, 6.07) is 0. The third-order valence-electron chi connectivity index (χ3n) is 4.14. The second kappa shape index (κ2) is 13.4. The summed E-state index contributed by atoms with van der Waals surface area (Å²) < 4.78 is 10.6. The fourth-order valence-corrected chi connectivity index (χ4v) is 2.42. The highest BCUT2D eigenvalue weighted by atomic mass is 16.5. The van der Waals surface area contributed by atoms with Crippen molar-refractivity contribution in [2.75, 3.05) is 6.61 Å². The van der Waals surface area contributed by atoms with Crippen molar-refractivity contribution in [1.82, 2.24) is 0 Å². The van der Waals surface area contributed by atoms with E-state index >= 15 is 0 Å². The smallest absolute Gasteiger partial charge is 0.306 e. The zero-order valence-electron chi connectivity index (χ0n) is 15.7. The van der Waals surface area contributed by atoms with Gasteiger partial charge in [-0.15, -0.1) is 0 Å². The quantitative estimate of drug-likeness (QED) is 0.451. The van der Waals surface area contributed by atoms with Crippen molar-refractivity contribution in [2.45, 2.75) is 92.1 Å². The first kappa shape index (κ1) is 21.9. The van der Waals surface area contributed by atoms with E-state index in [1.807, 2.05) is 20.8 Å². The molecule has 0 heterocycles. The minimum absolute atomic E-state index is 0.0102. The average Bonchev–Trinajstić information content (AvgIpc) is 2.52. The Morgan fingerprint density at radius 1 is 0.870 bits per heavy atom. The standard InChI is InChI=1S/C19H36O4/c1-6-16(7-2)12-13-17(8-3)23-19(21)11-9-10-18(20)22-14-15(4)5/h15-17H,6-14H2,1-5H3. The fraction of sp³-hybridized carbons (Fsp3) is 0.895. The fourth-order valence-electron chi connectivity index (χ4n) is 2.42. The Morgan fingerprint density at radius 3 is 2.00 bits per heavy atom. The molecule has 0 fully saturated rings. The van der Waals surface area contributed by atoms with E-state index in [9.17, 15) is 9.59 Å². The Hall–Kier alpha value is -1.06. The Labute approximate surface area is 142 Å². The normalized spacial score (nSPS) is 12.5. The van der Waals surface area contributed by atoms with Gasteiger partial charge >= 0.3 is 11.9 Å². The predicted octanol–water partition coefficient (Wildman–Crippen LogP) is 4.89. The summed E-state index contributed by atoms with van der Waals surface area (Å²) in [5, 5.41) is 0. The minimum atomic E-state index is -0.229. The molecule has 0 radical (unpaired) electrons. The summed E-state index contributed by atoms with van der Waals surface area (Å²) in [6.07, 6.45) is 6.34. The second-order valence-corrected chi connectivity index (χ2v) is 6.71. The highest BCUT2D eigenvalue weighted by Crippen LogP contribution is 2.19. The minimum Gasteiger partial charge on any atom is -0.465 e. The van der Waals surface area contributed by atoms with Gasteiger partial charge in [-0.25, -0.2) is 0 Å². The van der Waals surface area contributed by atoms with Crippen molar-refractivity contribution in [1.29, 1.82) is 0 Å². The van der Waals surface area contributed by atoms with E-state index in [1.165, 1.54) is 12.8 Å². The maximum atomic E-state index is 11.9. The van der Waals surface area contributed by atoms with Crippen molar-refractivity contribution in [3.05, 3.63) is 0 Å². The molecule has 1 atom stereocenters. The first-order valence-electron chi connectivity index (χ1n) is 9.27. The van der Waals surface area contributed by atoms with Crippen molar-refractivity contribution in [3.63, 3.8) is 0 Å². The van der Waals surface area contributed by atoms with Gasteiger partial charge in [-0.3, -0.25) is 9.59 Å². The summed E-state index contributed by atoms with van der Waals surface area (Å²) in [7, 11) is 0. The van der Waals surface area contributed by atoms with Gasteiger partial charge in [0.15, 0.2) is 0 Å². The van der Waals surface area contributed by atoms with E-state index in [0.717, 1.165) is 25.2 Å². The molecule has 0 aromatic carbocycles. The van der Waals surface area contributed by atoms with E-state index in [-0.39, 0.29) is 30.9 Å². The lowest BCUT2D eigenvalue weighted by Gasteiger charge is -2.19. The number of rotatable bonds is 13. The molecule has 0 saturated carbocycles. The SMILES string of the molecule is CCC(CC)CCC(CC)OC(=O)CCCC(=O)OCC(C)C. The molecule has 4 nitrogen and oxygen atoms in total. The molecular weight excluding hydrogens is 292 g/mol. The third-order valence-corrected chi connectivity index (χ3v) is 4.14. The molecular formula is C19H36O4. The van der Waals surface area contributed by atoms with Gasteiger partial charge in [0, 0.05) is 12.8 Å². The van der Waals surface area contributed by atoms with Crippen LogP contribution in [0.2, 0.25) is 0 Å². The van der Waals surface area contributed by atoms with Crippen LogP contribution in [0.25, 0.3) is 0 Å². The van der Waals surface area contributed by atoms with Gasteiger partial charge in [-0.1, -0.05) is 47.5 Å². The Balaban J connectivity index is 3.90. The van der Waals surface area contributed by atoms with Crippen LogP contribution < -0.4 is 0 Å². The van der Waals surface area contributed by atoms with Crippen LogP contribution in [0.1, 0.15) is 86.0 Å². The number of ether oxygens (including phenoxy) is 2. The van der Waals surface area contributed by atoms with Crippen LogP contribution in [0.4, 0.5) is 0 Å². The predicted molar refractivity (Wildman–Crippen MR) is 93.1 cm³/mol. The van der Waals surface area contributed by atoms with Crippen molar-refractivity contribution < 1.29 is 19.1 Å². The molecule has 0 aromatic rings. The van der Waals surface area contributed by atoms with Crippen LogP contribution in [-0.2, 0) is 19.1 Å². The second-order valence-electron chi connectivity index (χ2n) is 6.71. The molecule has 0 bridgehead atoms. The molecule has 1 unspecified atom stereocenters. The molecule has 0 N–H and O–H groups in total. The average molecular weight is 328 g/mol. The number of carbonyl (C=O) groups excluding carboxylic acids is 2. The van der Waals surface area contributed by atoms with Gasteiger partial charge in [0.1, 0.15) is 6.10 Å². The van der Waals surface area contributed by atoms with Crippen molar-refractivity contribution >= 4 is 11.9 Å². The Bertz CT molecular complexity index is 321. The Morgan fingerprint density at radius 2 is 1.48 bits per heavy atom. The van der Waals surface area contributed by atoms with Crippen molar-refractivity contribution in [3.8, 4) is 0 Å². The van der Waals surface area contributed by atoms with Gasteiger partial charge < -0.3 is 9.47 Å². The molecule has 4 heteroatoms. The maximum absolute atomic E-state index is 11.9. The number of carbonyl (C=O) groups is 2. The van der Waals surface area contributed by atoms with Crippen LogP contribution in [-0.4, -0.2) is 24.6 Å². The van der Waals surface area contributed by atoms with Crippen LogP contribution in [0.5, 0.6) is 0 Å². The highest BCUT2D eigenvalue weighted by Gasteiger charge is 2.15. The van der Waals surface area contributed by atoms with Gasteiger partial charge in [-0.2, -0.15) is 0 Å². The molecule has 0 amide bonds. The third kappa shape index (κ3) is 12.1. The van der Waals surface area contributed by atoms with Gasteiger partial charge in [0.05, 0.1) is 6.61 Å². The summed E-state index contributed by atoms with van der Waals surface area (Å²) in [5.74, 6) is 0.633. The molecule has 0 aliphatic carbocycles. The van der Waals surface area contributed by atoms with Gasteiger partial charge in [-0.05, 0) is 37.5 Å². The monoisotopic (exact) mass is 328 g/mol. The number of hydrogen-bond acceptors (Lipinski definition) is 4. The molecule has 0 spiro atoms. The zero-order valence-corrected chi connectivity index (χ0v) is 15.7.